The SMILES string of the molecule is Cc1n[nH]c(C)c1CCN(C)C(=O)Cn1nc2ccccc2n1. The normalized spacial score (nSPS) is 11.1. The molecule has 0 aliphatic rings. The van der Waals surface area contributed by atoms with Crippen LogP contribution in [0.3, 0.4) is 0 Å². The second-order valence-electron chi connectivity index (χ2n) is 5.70. The Labute approximate surface area is 134 Å². The van der Waals surface area contributed by atoms with Gasteiger partial charge in [0.05, 0.1) is 5.69 Å². The summed E-state index contributed by atoms with van der Waals surface area (Å²) in [7, 11) is 1.80. The number of likely N-dealkylation sites (N-methyl/N-ethyl adjacent to an activating group) is 1. The van der Waals surface area contributed by atoms with Gasteiger partial charge in [-0.1, -0.05) is 12.1 Å². The molecule has 7 heteroatoms. The number of nitrogens with zero attached hydrogens (tertiary/aromatic N) is 5. The largest absolute Gasteiger partial charge is 0.344 e. The predicted molar refractivity (Wildman–Crippen MR) is 86.9 cm³/mol. The van der Waals surface area contributed by atoms with Gasteiger partial charge >= 0.3 is 0 Å². The number of rotatable bonds is 5. The average Bonchev–Trinajstić information content (AvgIpc) is 3.08. The fraction of sp³-hybridized carbons (Fsp3) is 0.375. The standard InChI is InChI=1S/C16H20N6O/c1-11-13(12(2)18-17-11)8-9-21(3)16(23)10-22-19-14-6-4-5-7-15(14)20-22/h4-7H,8-10H2,1-3H3,(H,17,18). The van der Waals surface area contributed by atoms with Crippen LogP contribution >= 0.6 is 0 Å². The lowest BCUT2D eigenvalue weighted by Crippen LogP contribution is -2.32. The van der Waals surface area contributed by atoms with Crippen molar-refractivity contribution in [3.05, 3.63) is 41.2 Å². The van der Waals surface area contributed by atoms with Crippen molar-refractivity contribution < 1.29 is 4.79 Å². The maximum atomic E-state index is 12.3. The quantitative estimate of drug-likeness (QED) is 0.774. The van der Waals surface area contributed by atoms with Crippen LogP contribution < -0.4 is 0 Å². The maximum Gasteiger partial charge on any atom is 0.245 e. The van der Waals surface area contributed by atoms with Gasteiger partial charge in [-0.15, -0.1) is 0 Å². The molecule has 0 bridgehead atoms. The van der Waals surface area contributed by atoms with Crippen LogP contribution in [0.15, 0.2) is 24.3 Å². The van der Waals surface area contributed by atoms with Crippen molar-refractivity contribution in [1.29, 1.82) is 0 Å². The lowest BCUT2D eigenvalue weighted by molar-refractivity contribution is -0.130. The third-order valence-electron chi connectivity index (χ3n) is 4.01. The smallest absolute Gasteiger partial charge is 0.245 e. The van der Waals surface area contributed by atoms with E-state index >= 15 is 0 Å². The lowest BCUT2D eigenvalue weighted by atomic mass is 10.1. The molecule has 0 fully saturated rings. The van der Waals surface area contributed by atoms with E-state index in [1.165, 1.54) is 10.4 Å². The van der Waals surface area contributed by atoms with Gasteiger partial charge in [-0.05, 0) is 38.0 Å². The van der Waals surface area contributed by atoms with Crippen LogP contribution in [0.2, 0.25) is 0 Å². The summed E-state index contributed by atoms with van der Waals surface area (Å²) in [5.74, 6) is -0.0101. The van der Waals surface area contributed by atoms with E-state index in [0.29, 0.717) is 6.54 Å². The van der Waals surface area contributed by atoms with E-state index in [4.69, 9.17) is 0 Å². The van der Waals surface area contributed by atoms with Crippen molar-refractivity contribution in [2.45, 2.75) is 26.8 Å². The van der Waals surface area contributed by atoms with Crippen LogP contribution in [0.25, 0.3) is 11.0 Å². The molecule has 1 amide bonds. The summed E-state index contributed by atoms with van der Waals surface area (Å²) in [5, 5.41) is 15.8. The molecule has 0 aliphatic heterocycles. The molecule has 0 saturated carbocycles. The molecular formula is C16H20N6O. The number of carbonyl (C=O) groups excluding carboxylic acids is 1. The summed E-state index contributed by atoms with van der Waals surface area (Å²) in [6, 6.07) is 7.59. The molecular weight excluding hydrogens is 292 g/mol. The van der Waals surface area contributed by atoms with Gasteiger partial charge in [0, 0.05) is 19.3 Å². The summed E-state index contributed by atoms with van der Waals surface area (Å²) in [4.78, 5) is 15.5. The summed E-state index contributed by atoms with van der Waals surface area (Å²) in [5.41, 5.74) is 4.82. The summed E-state index contributed by atoms with van der Waals surface area (Å²) < 4.78 is 0. The molecule has 0 aliphatic carbocycles. The molecule has 23 heavy (non-hydrogen) atoms. The highest BCUT2D eigenvalue weighted by molar-refractivity contribution is 5.77. The Morgan fingerprint density at radius 1 is 1.22 bits per heavy atom. The minimum atomic E-state index is -0.0101. The average molecular weight is 312 g/mol. The number of hydrogen-bond acceptors (Lipinski definition) is 4. The highest BCUT2D eigenvalue weighted by Gasteiger charge is 2.13. The fourth-order valence-electron chi connectivity index (χ4n) is 2.56. The van der Waals surface area contributed by atoms with Gasteiger partial charge in [-0.25, -0.2) is 0 Å². The first-order valence-corrected chi connectivity index (χ1v) is 7.59. The monoisotopic (exact) mass is 312 g/mol. The van der Waals surface area contributed by atoms with E-state index in [1.54, 1.807) is 11.9 Å². The van der Waals surface area contributed by atoms with Gasteiger partial charge in [0.15, 0.2) is 0 Å². The number of hydrogen-bond donors (Lipinski definition) is 1. The van der Waals surface area contributed by atoms with E-state index in [-0.39, 0.29) is 12.5 Å². The Bertz CT molecular complexity index is 782. The zero-order valence-corrected chi connectivity index (χ0v) is 13.6. The molecule has 0 radical (unpaired) electrons. The number of fused-ring (bicyclic) bond motifs is 1. The number of aromatic amines is 1. The summed E-state index contributed by atoms with van der Waals surface area (Å²) in [6.45, 7) is 4.76. The van der Waals surface area contributed by atoms with Crippen LogP contribution in [-0.2, 0) is 17.8 Å². The molecule has 0 spiro atoms. The van der Waals surface area contributed by atoms with Crippen LogP contribution in [0.5, 0.6) is 0 Å². The Balaban J connectivity index is 1.61. The van der Waals surface area contributed by atoms with E-state index in [9.17, 15) is 4.79 Å². The number of nitrogens with one attached hydrogen (secondary N) is 1. The number of aromatic nitrogens is 5. The van der Waals surface area contributed by atoms with Crippen molar-refractivity contribution in [3.63, 3.8) is 0 Å². The Kier molecular flexibility index (Phi) is 4.10. The van der Waals surface area contributed by atoms with Gasteiger partial charge in [-0.3, -0.25) is 9.89 Å². The molecule has 0 unspecified atom stereocenters. The van der Waals surface area contributed by atoms with Gasteiger partial charge in [-0.2, -0.15) is 20.1 Å². The van der Waals surface area contributed by atoms with Gasteiger partial charge in [0.25, 0.3) is 0 Å². The number of benzene rings is 1. The van der Waals surface area contributed by atoms with Crippen molar-refractivity contribution in [2.75, 3.05) is 13.6 Å². The Hall–Kier alpha value is -2.70. The molecule has 3 aromatic rings. The number of amides is 1. The van der Waals surface area contributed by atoms with Crippen molar-refractivity contribution in [3.8, 4) is 0 Å². The van der Waals surface area contributed by atoms with Crippen LogP contribution in [0.1, 0.15) is 17.0 Å². The highest BCUT2D eigenvalue weighted by atomic mass is 16.2. The minimum absolute atomic E-state index is 0.0101. The van der Waals surface area contributed by atoms with Crippen LogP contribution in [-0.4, -0.2) is 49.6 Å². The van der Waals surface area contributed by atoms with Crippen molar-refractivity contribution >= 4 is 16.9 Å². The second kappa shape index (κ2) is 6.20. The first kappa shape index (κ1) is 15.2. The molecule has 0 atom stereocenters. The maximum absolute atomic E-state index is 12.3. The molecule has 1 N–H and O–H groups in total. The Morgan fingerprint density at radius 3 is 2.43 bits per heavy atom. The Morgan fingerprint density at radius 2 is 1.87 bits per heavy atom. The first-order valence-electron chi connectivity index (χ1n) is 7.59. The van der Waals surface area contributed by atoms with Gasteiger partial charge in [0.2, 0.25) is 5.91 Å². The molecule has 2 aromatic heterocycles. The predicted octanol–water partition coefficient (Wildman–Crippen LogP) is 1.47. The molecule has 1 aromatic carbocycles. The molecule has 120 valence electrons. The molecule has 2 heterocycles. The summed E-state index contributed by atoms with van der Waals surface area (Å²) >= 11 is 0. The van der Waals surface area contributed by atoms with E-state index in [0.717, 1.165) is 28.8 Å². The minimum Gasteiger partial charge on any atom is -0.344 e. The highest BCUT2D eigenvalue weighted by Crippen LogP contribution is 2.11. The zero-order valence-electron chi connectivity index (χ0n) is 13.6. The third kappa shape index (κ3) is 3.23. The fourth-order valence-corrected chi connectivity index (χ4v) is 2.56. The van der Waals surface area contributed by atoms with Crippen molar-refractivity contribution in [1.82, 2.24) is 30.1 Å². The molecule has 0 saturated heterocycles. The van der Waals surface area contributed by atoms with Gasteiger partial charge in [0.1, 0.15) is 17.6 Å². The molecule has 3 rings (SSSR count). The third-order valence-corrected chi connectivity index (χ3v) is 4.01. The zero-order chi connectivity index (χ0) is 16.4. The van der Waals surface area contributed by atoms with E-state index in [2.05, 4.69) is 20.4 Å². The number of H-pyrrole nitrogens is 1. The topological polar surface area (TPSA) is 79.7 Å². The van der Waals surface area contributed by atoms with Crippen LogP contribution in [0.4, 0.5) is 0 Å². The van der Waals surface area contributed by atoms with Crippen molar-refractivity contribution in [2.24, 2.45) is 0 Å². The second-order valence-corrected chi connectivity index (χ2v) is 5.70. The number of aryl methyl sites for hydroxylation is 2. The number of carbonyl (C=O) groups is 1. The first-order chi connectivity index (χ1) is 11.0. The van der Waals surface area contributed by atoms with Crippen LogP contribution in [0, 0.1) is 13.8 Å². The van der Waals surface area contributed by atoms with Gasteiger partial charge < -0.3 is 4.90 Å². The molecule has 7 nitrogen and oxygen atoms in total. The van der Waals surface area contributed by atoms with E-state index < -0.39 is 0 Å². The summed E-state index contributed by atoms with van der Waals surface area (Å²) in [6.07, 6.45) is 0.783. The van der Waals surface area contributed by atoms with E-state index in [1.807, 2.05) is 38.1 Å². The lowest BCUT2D eigenvalue weighted by Gasteiger charge is -2.16.